The molecule has 2 heterocycles. The topological polar surface area (TPSA) is 73.9 Å². The number of fused-ring (bicyclic) bond motifs is 1. The Morgan fingerprint density at radius 3 is 2.90 bits per heavy atom. The number of methoxy groups -OCH3 is 1. The number of nitrogens with one attached hydrogen (secondary N) is 1. The van der Waals surface area contributed by atoms with Crippen LogP contribution in [0.5, 0.6) is 5.75 Å². The van der Waals surface area contributed by atoms with Gasteiger partial charge in [-0.2, -0.15) is 0 Å². The maximum absolute atomic E-state index is 11.3. The van der Waals surface area contributed by atoms with E-state index in [2.05, 4.69) is 15.0 Å². The molecule has 3 aromatic rings. The summed E-state index contributed by atoms with van der Waals surface area (Å²) in [4.78, 5) is 11.8. The Morgan fingerprint density at radius 2 is 2.19 bits per heavy atom. The fourth-order valence-corrected chi connectivity index (χ4v) is 2.89. The van der Waals surface area contributed by atoms with Gasteiger partial charge in [0.2, 0.25) is 0 Å². The molecular weight excluding hydrogens is 286 g/mol. The van der Waals surface area contributed by atoms with E-state index in [1.807, 2.05) is 24.3 Å². The third kappa shape index (κ3) is 2.86. The number of H-pyrrole nitrogens is 1. The fraction of sp³-hybridized carbons (Fsp3) is 0.200. The third-order valence-electron chi connectivity index (χ3n) is 3.18. The summed E-state index contributed by atoms with van der Waals surface area (Å²) in [6, 6.07) is 7.67. The first-order valence-electron chi connectivity index (χ1n) is 6.44. The smallest absolute Gasteiger partial charge is 0.142 e. The molecule has 3 rings (SSSR count). The van der Waals surface area contributed by atoms with Crippen molar-refractivity contribution in [2.45, 2.75) is 5.75 Å². The van der Waals surface area contributed by atoms with Gasteiger partial charge in [-0.05, 0) is 18.2 Å². The Morgan fingerprint density at radius 1 is 1.33 bits per heavy atom. The molecule has 0 aliphatic heterocycles. The van der Waals surface area contributed by atoms with Gasteiger partial charge in [0.05, 0.1) is 30.6 Å². The van der Waals surface area contributed by atoms with E-state index in [1.165, 1.54) is 0 Å². The third-order valence-corrected chi connectivity index (χ3v) is 3.92. The summed E-state index contributed by atoms with van der Waals surface area (Å²) in [6.45, 7) is 0. The van der Waals surface area contributed by atoms with Crippen LogP contribution < -0.4 is 4.74 Å². The molecule has 0 saturated heterocycles. The van der Waals surface area contributed by atoms with E-state index >= 15 is 0 Å². The molecule has 6 heteroatoms. The maximum Gasteiger partial charge on any atom is 0.142 e. The number of aromatic nitrogens is 3. The van der Waals surface area contributed by atoms with Crippen molar-refractivity contribution >= 4 is 22.2 Å². The van der Waals surface area contributed by atoms with E-state index in [1.54, 1.807) is 25.8 Å². The summed E-state index contributed by atoms with van der Waals surface area (Å²) in [7, 11) is 1.62. The zero-order valence-corrected chi connectivity index (χ0v) is 12.6. The second-order valence-corrected chi connectivity index (χ2v) is 6.17. The normalized spacial score (nSPS) is 12.5. The number of pyridine rings is 1. The van der Waals surface area contributed by atoms with Crippen molar-refractivity contribution in [1.29, 1.82) is 0 Å². The summed E-state index contributed by atoms with van der Waals surface area (Å²) in [6.07, 6.45) is 5.13. The summed E-state index contributed by atoms with van der Waals surface area (Å²) in [5, 5.41) is 0. The molecule has 0 spiro atoms. The van der Waals surface area contributed by atoms with E-state index in [9.17, 15) is 4.55 Å². The van der Waals surface area contributed by atoms with Gasteiger partial charge in [-0.15, -0.1) is 0 Å². The number of benzene rings is 1. The van der Waals surface area contributed by atoms with Gasteiger partial charge in [0.25, 0.3) is 0 Å². The second kappa shape index (κ2) is 5.75. The van der Waals surface area contributed by atoms with Crippen molar-refractivity contribution in [1.82, 2.24) is 15.0 Å². The maximum atomic E-state index is 11.3. The Labute approximate surface area is 125 Å². The molecule has 0 aliphatic rings. The van der Waals surface area contributed by atoms with Crippen LogP contribution in [0.3, 0.4) is 0 Å². The minimum atomic E-state index is -0.878. The zero-order valence-electron chi connectivity index (χ0n) is 11.8. The number of imidazole rings is 1. The minimum absolute atomic E-state index is 0.515. The van der Waals surface area contributed by atoms with E-state index < -0.39 is 11.2 Å². The van der Waals surface area contributed by atoms with Crippen molar-refractivity contribution in [2.24, 2.45) is 0 Å². The van der Waals surface area contributed by atoms with Gasteiger partial charge >= 0.3 is 0 Å². The Kier molecular flexibility index (Phi) is 3.81. The van der Waals surface area contributed by atoms with Gasteiger partial charge in [0, 0.05) is 11.8 Å². The fourth-order valence-electron chi connectivity index (χ4n) is 2.24. The summed E-state index contributed by atoms with van der Waals surface area (Å²) >= 11 is -0.878. The van der Waals surface area contributed by atoms with Gasteiger partial charge in [-0.1, -0.05) is 17.2 Å². The van der Waals surface area contributed by atoms with Crippen molar-refractivity contribution < 1.29 is 9.29 Å². The zero-order chi connectivity index (χ0) is 14.8. The summed E-state index contributed by atoms with van der Waals surface area (Å²) in [5.74, 6) is 1.96. The van der Waals surface area contributed by atoms with Crippen LogP contribution in [0.15, 0.2) is 36.7 Å². The van der Waals surface area contributed by atoms with Crippen LogP contribution in [0, 0.1) is 0 Å². The van der Waals surface area contributed by atoms with Gasteiger partial charge in [-0.3, -0.25) is 4.98 Å². The number of hydrogen-bond acceptors (Lipinski definition) is 4. The predicted molar refractivity (Wildman–Crippen MR) is 83.6 cm³/mol. The average molecular weight is 301 g/mol. The first kappa shape index (κ1) is 13.9. The number of aromatic amines is 1. The van der Waals surface area contributed by atoms with Crippen LogP contribution in [-0.2, 0) is 16.9 Å². The lowest BCUT2D eigenvalue weighted by molar-refractivity contribution is 0.416. The molecule has 0 saturated carbocycles. The standard InChI is InChI=1S/C15H15N3O2S/c1-20-14-7-10(9-21(2)19)3-4-11(14)15-17-12-5-6-16-8-13(12)18-15/h3-8H,9H2,1-2H3,(H,17,18). The summed E-state index contributed by atoms with van der Waals surface area (Å²) in [5.41, 5.74) is 3.60. The molecule has 1 aromatic carbocycles. The lowest BCUT2D eigenvalue weighted by atomic mass is 10.1. The molecule has 0 bridgehead atoms. The lowest BCUT2D eigenvalue weighted by Gasteiger charge is -2.10. The highest BCUT2D eigenvalue weighted by Gasteiger charge is 2.12. The number of ether oxygens (including phenoxy) is 1. The molecule has 5 nitrogen and oxygen atoms in total. The van der Waals surface area contributed by atoms with E-state index in [0.29, 0.717) is 11.5 Å². The highest BCUT2D eigenvalue weighted by atomic mass is 32.2. The SMILES string of the molecule is COc1cc(C[S+](C)[O-])ccc1-c1nc2cnccc2[nH]1. The molecule has 21 heavy (non-hydrogen) atoms. The van der Waals surface area contributed by atoms with Crippen molar-refractivity contribution in [2.75, 3.05) is 13.4 Å². The van der Waals surface area contributed by atoms with Crippen LogP contribution >= 0.6 is 0 Å². The van der Waals surface area contributed by atoms with Gasteiger partial charge in [-0.25, -0.2) is 4.98 Å². The molecular formula is C15H15N3O2S. The van der Waals surface area contributed by atoms with E-state index in [0.717, 1.165) is 28.0 Å². The van der Waals surface area contributed by atoms with Crippen molar-refractivity contribution in [3.8, 4) is 17.1 Å². The van der Waals surface area contributed by atoms with Gasteiger partial charge in [0.15, 0.2) is 0 Å². The predicted octanol–water partition coefficient (Wildman–Crippen LogP) is 2.51. The monoisotopic (exact) mass is 301 g/mol. The molecule has 2 aromatic heterocycles. The van der Waals surface area contributed by atoms with Crippen LogP contribution in [0.25, 0.3) is 22.4 Å². The number of nitrogens with zero attached hydrogens (tertiary/aromatic N) is 2. The Balaban J connectivity index is 2.04. The highest BCUT2D eigenvalue weighted by molar-refractivity contribution is 7.89. The largest absolute Gasteiger partial charge is 0.616 e. The Hall–Kier alpha value is -2.05. The number of rotatable bonds is 4. The lowest BCUT2D eigenvalue weighted by Crippen LogP contribution is -2.01. The minimum Gasteiger partial charge on any atom is -0.616 e. The van der Waals surface area contributed by atoms with E-state index in [4.69, 9.17) is 4.74 Å². The van der Waals surface area contributed by atoms with Crippen LogP contribution in [0.1, 0.15) is 5.56 Å². The van der Waals surface area contributed by atoms with Crippen LogP contribution in [0.2, 0.25) is 0 Å². The summed E-state index contributed by atoms with van der Waals surface area (Å²) < 4.78 is 16.8. The van der Waals surface area contributed by atoms with E-state index in [-0.39, 0.29) is 0 Å². The average Bonchev–Trinajstić information content (AvgIpc) is 2.90. The molecule has 108 valence electrons. The molecule has 1 N–H and O–H groups in total. The molecule has 0 amide bonds. The van der Waals surface area contributed by atoms with Crippen molar-refractivity contribution in [3.05, 3.63) is 42.2 Å². The Bertz CT molecular complexity index is 737. The van der Waals surface area contributed by atoms with Crippen LogP contribution in [0.4, 0.5) is 0 Å². The first-order chi connectivity index (χ1) is 10.2. The number of hydrogen-bond donors (Lipinski definition) is 1. The van der Waals surface area contributed by atoms with Crippen LogP contribution in [-0.4, -0.2) is 32.9 Å². The molecule has 1 atom stereocenters. The molecule has 0 aliphatic carbocycles. The molecule has 1 unspecified atom stereocenters. The van der Waals surface area contributed by atoms with Crippen molar-refractivity contribution in [3.63, 3.8) is 0 Å². The van der Waals surface area contributed by atoms with Gasteiger partial charge in [0.1, 0.15) is 22.8 Å². The molecule has 0 fully saturated rings. The second-order valence-electron chi connectivity index (χ2n) is 4.73. The first-order valence-corrected chi connectivity index (χ1v) is 8.17. The van der Waals surface area contributed by atoms with Gasteiger partial charge < -0.3 is 14.3 Å². The highest BCUT2D eigenvalue weighted by Crippen LogP contribution is 2.30. The quantitative estimate of drug-likeness (QED) is 0.751. The molecule has 0 radical (unpaired) electrons.